The molecular formula is C26H22BrCl2NO4. The van der Waals surface area contributed by atoms with E-state index in [-0.39, 0.29) is 6.61 Å². The van der Waals surface area contributed by atoms with Crippen LogP contribution in [0.5, 0.6) is 23.0 Å². The number of halogens is 3. The molecule has 3 aromatic carbocycles. The van der Waals surface area contributed by atoms with Crippen LogP contribution < -0.4 is 18.9 Å². The maximum Gasteiger partial charge on any atom is 0.175 e. The minimum atomic E-state index is 0.235. The first-order valence-electron chi connectivity index (χ1n) is 10.3. The third kappa shape index (κ3) is 6.18. The Kier molecular flexibility index (Phi) is 9.12. The molecule has 0 aromatic heterocycles. The monoisotopic (exact) mass is 561 g/mol. The highest BCUT2D eigenvalue weighted by Gasteiger charge is 2.14. The lowest BCUT2D eigenvalue weighted by Gasteiger charge is -2.15. The summed E-state index contributed by atoms with van der Waals surface area (Å²) in [7, 11) is 3.12. The van der Waals surface area contributed by atoms with Gasteiger partial charge in [0.1, 0.15) is 6.61 Å². The van der Waals surface area contributed by atoms with Crippen molar-refractivity contribution < 1.29 is 18.9 Å². The topological polar surface area (TPSA) is 60.7 Å². The zero-order valence-corrected chi connectivity index (χ0v) is 21.9. The predicted octanol–water partition coefficient (Wildman–Crippen LogP) is 7.81. The molecule has 0 amide bonds. The van der Waals surface area contributed by atoms with E-state index in [0.717, 1.165) is 11.1 Å². The Bertz CT molecular complexity index is 1250. The van der Waals surface area contributed by atoms with Crippen LogP contribution in [0.4, 0.5) is 0 Å². The quantitative estimate of drug-likeness (QED) is 0.196. The highest BCUT2D eigenvalue weighted by Crippen LogP contribution is 2.39. The molecule has 176 valence electrons. The highest BCUT2D eigenvalue weighted by atomic mass is 79.9. The molecule has 3 aromatic rings. The molecule has 0 saturated carbocycles. The molecule has 5 nitrogen and oxygen atoms in total. The molecule has 0 radical (unpaired) electrons. The van der Waals surface area contributed by atoms with Gasteiger partial charge in [0, 0.05) is 15.6 Å². The summed E-state index contributed by atoms with van der Waals surface area (Å²) in [6.07, 6.45) is 1.77. The fourth-order valence-electron chi connectivity index (χ4n) is 3.21. The van der Waals surface area contributed by atoms with Crippen LogP contribution in [0.3, 0.4) is 0 Å². The van der Waals surface area contributed by atoms with Crippen molar-refractivity contribution in [1.82, 2.24) is 0 Å². The Morgan fingerprint density at radius 1 is 0.971 bits per heavy atom. The zero-order valence-electron chi connectivity index (χ0n) is 18.8. The van der Waals surface area contributed by atoms with E-state index in [1.54, 1.807) is 44.6 Å². The average Bonchev–Trinajstić information content (AvgIpc) is 2.82. The molecule has 0 heterocycles. The first-order valence-corrected chi connectivity index (χ1v) is 11.8. The van der Waals surface area contributed by atoms with E-state index in [2.05, 4.69) is 22.0 Å². The number of ether oxygens (including phenoxy) is 4. The molecule has 8 heteroatoms. The van der Waals surface area contributed by atoms with Crippen LogP contribution >= 0.6 is 39.1 Å². The summed E-state index contributed by atoms with van der Waals surface area (Å²) in [5, 5.41) is 10.9. The van der Waals surface area contributed by atoms with Gasteiger partial charge in [0.2, 0.25) is 0 Å². The van der Waals surface area contributed by atoms with Gasteiger partial charge in [-0.2, -0.15) is 5.26 Å². The normalized spacial score (nSPS) is 11.0. The van der Waals surface area contributed by atoms with E-state index in [9.17, 15) is 5.26 Å². The first kappa shape index (κ1) is 25.8. The Labute approximate surface area is 217 Å². The number of nitrogens with zero attached hydrogens (tertiary/aromatic N) is 1. The number of hydrogen-bond donors (Lipinski definition) is 0. The summed E-state index contributed by atoms with van der Waals surface area (Å²) in [5.74, 6) is 2.21. The number of rotatable bonds is 9. The second kappa shape index (κ2) is 12.0. The van der Waals surface area contributed by atoms with Crippen molar-refractivity contribution >= 4 is 50.8 Å². The van der Waals surface area contributed by atoms with E-state index < -0.39 is 0 Å². The molecule has 0 spiro atoms. The number of hydrogen-bond acceptors (Lipinski definition) is 5. The van der Waals surface area contributed by atoms with Gasteiger partial charge in [0.25, 0.3) is 0 Å². The number of benzene rings is 3. The van der Waals surface area contributed by atoms with Crippen LogP contribution in [0.2, 0.25) is 10.0 Å². The van der Waals surface area contributed by atoms with Gasteiger partial charge in [-0.1, -0.05) is 29.3 Å². The van der Waals surface area contributed by atoms with Crippen molar-refractivity contribution in [2.24, 2.45) is 0 Å². The molecule has 3 rings (SSSR count). The van der Waals surface area contributed by atoms with Crippen LogP contribution in [-0.4, -0.2) is 20.8 Å². The van der Waals surface area contributed by atoms with Crippen molar-refractivity contribution in [3.8, 4) is 29.1 Å². The first-order chi connectivity index (χ1) is 16.4. The second-order valence-corrected chi connectivity index (χ2v) is 8.72. The van der Waals surface area contributed by atoms with Crippen molar-refractivity contribution in [2.45, 2.75) is 13.5 Å². The SMILES string of the molecule is CCOc1cc(/C=C(\C#N)c2ccc(OC)c(OC)c2)cc(Br)c1OCc1ccc(Cl)cc1Cl. The Morgan fingerprint density at radius 2 is 1.74 bits per heavy atom. The van der Waals surface area contributed by atoms with Crippen molar-refractivity contribution in [2.75, 3.05) is 20.8 Å². The summed E-state index contributed by atoms with van der Waals surface area (Å²) in [6, 6.07) is 16.5. The minimum Gasteiger partial charge on any atom is -0.493 e. The summed E-state index contributed by atoms with van der Waals surface area (Å²) in [4.78, 5) is 0. The lowest BCUT2D eigenvalue weighted by atomic mass is 10.0. The third-order valence-corrected chi connectivity index (χ3v) is 6.02. The van der Waals surface area contributed by atoms with E-state index in [4.69, 9.17) is 42.1 Å². The zero-order chi connectivity index (χ0) is 24.7. The van der Waals surface area contributed by atoms with Crippen LogP contribution in [0.25, 0.3) is 11.6 Å². The van der Waals surface area contributed by atoms with Crippen LogP contribution in [0.15, 0.2) is 53.0 Å². The van der Waals surface area contributed by atoms with Crippen molar-refractivity contribution in [1.29, 1.82) is 5.26 Å². The maximum absolute atomic E-state index is 9.80. The summed E-state index contributed by atoms with van der Waals surface area (Å²) >= 11 is 15.8. The minimum absolute atomic E-state index is 0.235. The largest absolute Gasteiger partial charge is 0.493 e. The van der Waals surface area contributed by atoms with Gasteiger partial charge in [-0.15, -0.1) is 0 Å². The molecule has 0 fully saturated rings. The van der Waals surface area contributed by atoms with Gasteiger partial charge in [0.05, 0.1) is 36.9 Å². The number of methoxy groups -OCH3 is 2. The Morgan fingerprint density at radius 3 is 2.38 bits per heavy atom. The lowest BCUT2D eigenvalue weighted by molar-refractivity contribution is 0.267. The summed E-state index contributed by atoms with van der Waals surface area (Å²) in [5.41, 5.74) is 2.71. The summed E-state index contributed by atoms with van der Waals surface area (Å²) < 4.78 is 23.2. The number of nitriles is 1. The Balaban J connectivity index is 1.94. The molecule has 0 aliphatic rings. The molecule has 0 aliphatic carbocycles. The molecular weight excluding hydrogens is 541 g/mol. The Hall–Kier alpha value is -2.85. The molecule has 0 saturated heterocycles. The van der Waals surface area contributed by atoms with E-state index >= 15 is 0 Å². The second-order valence-electron chi connectivity index (χ2n) is 7.03. The van der Waals surface area contributed by atoms with Gasteiger partial charge < -0.3 is 18.9 Å². The fourth-order valence-corrected chi connectivity index (χ4v) is 4.25. The van der Waals surface area contributed by atoms with E-state index in [1.165, 1.54) is 0 Å². The molecule has 34 heavy (non-hydrogen) atoms. The highest BCUT2D eigenvalue weighted by molar-refractivity contribution is 9.10. The number of allylic oxidation sites excluding steroid dienone is 1. The lowest BCUT2D eigenvalue weighted by Crippen LogP contribution is -2.01. The van der Waals surface area contributed by atoms with Gasteiger partial charge >= 0.3 is 0 Å². The molecule has 0 unspecified atom stereocenters. The van der Waals surface area contributed by atoms with Gasteiger partial charge in [0.15, 0.2) is 23.0 Å². The molecule has 0 aliphatic heterocycles. The van der Waals surface area contributed by atoms with Crippen LogP contribution in [0.1, 0.15) is 23.6 Å². The molecule has 0 atom stereocenters. The average molecular weight is 563 g/mol. The standard InChI is InChI=1S/C26H22BrCl2NO4/c1-4-33-25-11-16(9-19(14-30)17-6-8-23(31-2)24(12-17)32-3)10-21(27)26(25)34-15-18-5-7-20(28)13-22(18)29/h5-13H,4,15H2,1-3H3/b19-9+. The molecule has 0 N–H and O–H groups in total. The van der Waals surface area contributed by atoms with Gasteiger partial charge in [-0.3, -0.25) is 0 Å². The third-order valence-electron chi connectivity index (χ3n) is 4.84. The van der Waals surface area contributed by atoms with Crippen molar-refractivity contribution in [3.05, 3.63) is 79.7 Å². The van der Waals surface area contributed by atoms with Gasteiger partial charge in [-0.05, 0) is 82.5 Å². The van der Waals surface area contributed by atoms with E-state index in [0.29, 0.717) is 55.3 Å². The van der Waals surface area contributed by atoms with Crippen LogP contribution in [-0.2, 0) is 6.61 Å². The fraction of sp³-hybridized carbons (Fsp3) is 0.192. The summed E-state index contributed by atoms with van der Waals surface area (Å²) in [6.45, 7) is 2.57. The van der Waals surface area contributed by atoms with Crippen LogP contribution in [0, 0.1) is 11.3 Å². The predicted molar refractivity (Wildman–Crippen MR) is 139 cm³/mol. The van der Waals surface area contributed by atoms with Gasteiger partial charge in [-0.25, -0.2) is 0 Å². The maximum atomic E-state index is 9.80. The van der Waals surface area contributed by atoms with Crippen molar-refractivity contribution in [3.63, 3.8) is 0 Å². The molecule has 0 bridgehead atoms. The van der Waals surface area contributed by atoms with E-state index in [1.807, 2.05) is 31.2 Å². The smallest absolute Gasteiger partial charge is 0.175 e.